The molecule has 0 aliphatic heterocycles. The molecule has 0 aromatic carbocycles. The first-order chi connectivity index (χ1) is 12.1. The number of nitrogens with two attached hydrogens (primary N) is 1. The van der Waals surface area contributed by atoms with Crippen LogP contribution in [0.3, 0.4) is 0 Å². The molecule has 11 heteroatoms. The van der Waals surface area contributed by atoms with Crippen LogP contribution in [0.5, 0.6) is 0 Å². The van der Waals surface area contributed by atoms with Crippen LogP contribution in [0.15, 0.2) is 0 Å². The van der Waals surface area contributed by atoms with Crippen LogP contribution in [0.25, 0.3) is 0 Å². The molecule has 26 heavy (non-hydrogen) atoms. The van der Waals surface area contributed by atoms with E-state index in [1.54, 1.807) is 25.6 Å². The fourth-order valence-electron chi connectivity index (χ4n) is 1.88. The predicted molar refractivity (Wildman–Crippen MR) is 104 cm³/mol. The molecule has 150 valence electrons. The van der Waals surface area contributed by atoms with E-state index in [1.807, 2.05) is 6.26 Å². The number of carbonyl (C=O) groups is 4. The van der Waals surface area contributed by atoms with Gasteiger partial charge in [-0.1, -0.05) is 13.8 Å². The highest BCUT2D eigenvalue weighted by atomic mass is 32.2. The molecule has 0 aliphatic carbocycles. The van der Waals surface area contributed by atoms with Gasteiger partial charge in [-0.2, -0.15) is 24.4 Å². The van der Waals surface area contributed by atoms with E-state index in [0.717, 1.165) is 5.75 Å². The summed E-state index contributed by atoms with van der Waals surface area (Å²) in [6.45, 7) is 3.09. The lowest BCUT2D eigenvalue weighted by Crippen LogP contribution is -2.55. The van der Waals surface area contributed by atoms with Gasteiger partial charge in [0.05, 0.1) is 12.6 Å². The molecule has 3 amide bonds. The monoisotopic (exact) mass is 408 g/mol. The Labute approximate surface area is 163 Å². The van der Waals surface area contributed by atoms with E-state index in [9.17, 15) is 19.2 Å². The second-order valence-electron chi connectivity index (χ2n) is 5.98. The molecule has 0 rings (SSSR count). The molecule has 0 aliphatic rings. The van der Waals surface area contributed by atoms with Gasteiger partial charge in [0.1, 0.15) is 12.1 Å². The number of carboxylic acids is 1. The molecule has 0 aromatic rings. The molecule has 0 saturated carbocycles. The zero-order valence-electron chi connectivity index (χ0n) is 15.2. The van der Waals surface area contributed by atoms with Crippen LogP contribution in [0.2, 0.25) is 0 Å². The first-order valence-corrected chi connectivity index (χ1v) is 10.1. The number of rotatable bonds is 12. The minimum Gasteiger partial charge on any atom is -0.480 e. The van der Waals surface area contributed by atoms with Gasteiger partial charge in [-0.25, -0.2) is 4.79 Å². The molecule has 3 atom stereocenters. The van der Waals surface area contributed by atoms with Gasteiger partial charge in [0.15, 0.2) is 0 Å². The Morgan fingerprint density at radius 1 is 1.15 bits per heavy atom. The maximum absolute atomic E-state index is 12.2. The van der Waals surface area contributed by atoms with Crippen molar-refractivity contribution in [3.8, 4) is 0 Å². The quantitative estimate of drug-likeness (QED) is 0.223. The molecular formula is C15H28N4O5S2. The molecule has 0 aromatic heterocycles. The van der Waals surface area contributed by atoms with Gasteiger partial charge >= 0.3 is 5.97 Å². The lowest BCUT2D eigenvalue weighted by atomic mass is 10.0. The van der Waals surface area contributed by atoms with Crippen molar-refractivity contribution in [2.24, 2.45) is 11.7 Å². The predicted octanol–water partition coefficient (Wildman–Crippen LogP) is -1.18. The van der Waals surface area contributed by atoms with Gasteiger partial charge < -0.3 is 26.8 Å². The fourth-order valence-corrected chi connectivity index (χ4v) is 2.62. The molecule has 0 saturated heterocycles. The third kappa shape index (κ3) is 9.30. The van der Waals surface area contributed by atoms with Crippen LogP contribution in [-0.4, -0.2) is 71.2 Å². The Kier molecular flexibility index (Phi) is 12.1. The highest BCUT2D eigenvalue weighted by Crippen LogP contribution is 2.03. The van der Waals surface area contributed by atoms with Crippen LogP contribution in [0, 0.1) is 5.92 Å². The average Bonchev–Trinajstić information content (AvgIpc) is 2.58. The number of hydrogen-bond acceptors (Lipinski definition) is 7. The van der Waals surface area contributed by atoms with Gasteiger partial charge in [0.2, 0.25) is 17.7 Å². The summed E-state index contributed by atoms with van der Waals surface area (Å²) in [6.07, 6.45) is 2.39. The zero-order valence-corrected chi connectivity index (χ0v) is 16.9. The Hall–Kier alpha value is -1.46. The van der Waals surface area contributed by atoms with E-state index in [2.05, 4.69) is 28.6 Å². The van der Waals surface area contributed by atoms with Crippen molar-refractivity contribution in [2.45, 2.75) is 38.4 Å². The summed E-state index contributed by atoms with van der Waals surface area (Å²) in [5.41, 5.74) is 5.70. The highest BCUT2D eigenvalue weighted by Gasteiger charge is 2.28. The van der Waals surface area contributed by atoms with E-state index in [0.29, 0.717) is 6.42 Å². The minimum atomic E-state index is -1.21. The lowest BCUT2D eigenvalue weighted by molar-refractivity contribution is -0.141. The fraction of sp³-hybridized carbons (Fsp3) is 0.733. The topological polar surface area (TPSA) is 151 Å². The van der Waals surface area contributed by atoms with Crippen LogP contribution in [0.1, 0.15) is 20.3 Å². The smallest absolute Gasteiger partial charge is 0.327 e. The number of aliphatic carboxylic acids is 1. The first kappa shape index (κ1) is 24.5. The summed E-state index contributed by atoms with van der Waals surface area (Å²) < 4.78 is 0. The highest BCUT2D eigenvalue weighted by molar-refractivity contribution is 7.98. The SMILES string of the molecule is CSCCC(N)C(=O)NCC(=O)NC(C(=O)NC(CS)C(=O)O)C(C)C. The van der Waals surface area contributed by atoms with Crippen molar-refractivity contribution < 1.29 is 24.3 Å². The van der Waals surface area contributed by atoms with Crippen molar-refractivity contribution in [1.29, 1.82) is 0 Å². The largest absolute Gasteiger partial charge is 0.480 e. The summed E-state index contributed by atoms with van der Waals surface area (Å²) in [4.78, 5) is 47.0. The Bertz CT molecular complexity index is 504. The molecule has 0 spiro atoms. The minimum absolute atomic E-state index is 0.0795. The van der Waals surface area contributed by atoms with Crippen molar-refractivity contribution in [3.05, 3.63) is 0 Å². The second kappa shape index (κ2) is 12.8. The molecule has 6 N–H and O–H groups in total. The number of carbonyl (C=O) groups excluding carboxylic acids is 3. The Balaban J connectivity index is 4.61. The number of amides is 3. The van der Waals surface area contributed by atoms with E-state index in [-0.39, 0.29) is 18.2 Å². The standard InChI is InChI=1S/C15H28N4O5S2/c1-8(2)12(14(22)18-10(7-25)15(23)24)19-11(20)6-17-13(21)9(16)4-5-26-3/h8-10,12,25H,4-7,16H2,1-3H3,(H,17,21)(H,18,22)(H,19,20)(H,23,24). The molecule has 0 radical (unpaired) electrons. The first-order valence-electron chi connectivity index (χ1n) is 8.09. The molecular weight excluding hydrogens is 380 g/mol. The van der Waals surface area contributed by atoms with Gasteiger partial charge in [-0.05, 0) is 24.3 Å². The van der Waals surface area contributed by atoms with Crippen molar-refractivity contribution >= 4 is 48.1 Å². The number of hydrogen-bond donors (Lipinski definition) is 6. The van der Waals surface area contributed by atoms with Crippen molar-refractivity contribution in [1.82, 2.24) is 16.0 Å². The summed E-state index contributed by atoms with van der Waals surface area (Å²) in [7, 11) is 0. The number of thiol groups is 1. The van der Waals surface area contributed by atoms with E-state index >= 15 is 0 Å². The normalized spacial score (nSPS) is 14.2. The van der Waals surface area contributed by atoms with Gasteiger partial charge in [0, 0.05) is 5.75 Å². The second-order valence-corrected chi connectivity index (χ2v) is 7.33. The van der Waals surface area contributed by atoms with Crippen molar-refractivity contribution in [3.63, 3.8) is 0 Å². The van der Waals surface area contributed by atoms with Crippen LogP contribution in [-0.2, 0) is 19.2 Å². The molecule has 0 heterocycles. The lowest BCUT2D eigenvalue weighted by Gasteiger charge is -2.23. The maximum Gasteiger partial charge on any atom is 0.327 e. The summed E-state index contributed by atoms with van der Waals surface area (Å²) >= 11 is 5.44. The third-order valence-corrected chi connectivity index (χ3v) is 4.46. The van der Waals surface area contributed by atoms with Crippen LogP contribution >= 0.6 is 24.4 Å². The zero-order chi connectivity index (χ0) is 20.3. The molecule has 0 bridgehead atoms. The van der Waals surface area contributed by atoms with Gasteiger partial charge in [-0.3, -0.25) is 14.4 Å². The third-order valence-electron chi connectivity index (χ3n) is 3.46. The van der Waals surface area contributed by atoms with Crippen LogP contribution < -0.4 is 21.7 Å². The summed E-state index contributed by atoms with van der Waals surface area (Å²) in [6, 6.07) is -2.80. The van der Waals surface area contributed by atoms with E-state index in [4.69, 9.17) is 10.8 Å². The van der Waals surface area contributed by atoms with Gasteiger partial charge in [-0.15, -0.1) is 0 Å². The number of carboxylic acid groups (broad SMARTS) is 1. The average molecular weight is 409 g/mol. The number of thioether (sulfide) groups is 1. The molecule has 9 nitrogen and oxygen atoms in total. The number of nitrogens with one attached hydrogen (secondary N) is 3. The van der Waals surface area contributed by atoms with Crippen LogP contribution in [0.4, 0.5) is 0 Å². The Morgan fingerprint density at radius 2 is 1.77 bits per heavy atom. The van der Waals surface area contributed by atoms with Crippen molar-refractivity contribution in [2.75, 3.05) is 24.3 Å². The van der Waals surface area contributed by atoms with E-state index in [1.165, 1.54) is 0 Å². The summed E-state index contributed by atoms with van der Waals surface area (Å²) in [5, 5.41) is 16.2. The molecule has 0 fully saturated rings. The molecule has 3 unspecified atom stereocenters. The van der Waals surface area contributed by atoms with E-state index < -0.39 is 41.8 Å². The van der Waals surface area contributed by atoms with Gasteiger partial charge in [0.25, 0.3) is 0 Å². The maximum atomic E-state index is 12.2. The Morgan fingerprint density at radius 3 is 2.23 bits per heavy atom. The summed E-state index contributed by atoms with van der Waals surface area (Å²) in [5.74, 6) is -2.49.